The first-order chi connectivity index (χ1) is 10.9. The maximum absolute atomic E-state index is 11.4. The summed E-state index contributed by atoms with van der Waals surface area (Å²) >= 11 is 0. The van der Waals surface area contributed by atoms with Gasteiger partial charge in [0.05, 0.1) is 12.7 Å². The first-order valence-electron chi connectivity index (χ1n) is 8.67. The molecule has 0 spiro atoms. The zero-order valence-electron chi connectivity index (χ0n) is 16.1. The molecular weight excluding hydrogens is 304 g/mol. The van der Waals surface area contributed by atoms with Crippen molar-refractivity contribution in [2.45, 2.75) is 90.3 Å². The molecule has 0 radical (unpaired) electrons. The van der Waals surface area contributed by atoms with Crippen LogP contribution in [0.4, 0.5) is 0 Å². The molecule has 1 rings (SSSR count). The number of hydroxylamine groups is 2. The van der Waals surface area contributed by atoms with Crippen LogP contribution in [0.3, 0.4) is 0 Å². The van der Waals surface area contributed by atoms with Crippen LogP contribution in [-0.2, 0) is 14.4 Å². The number of hydrogen-bond donors (Lipinski definition) is 0. The number of hydrogen-bond acceptors (Lipinski definition) is 5. The van der Waals surface area contributed by atoms with E-state index in [1.54, 1.807) is 13.8 Å². The minimum Gasteiger partial charge on any atom is -0.462 e. The van der Waals surface area contributed by atoms with Crippen molar-refractivity contribution >= 4 is 5.97 Å². The molecule has 0 amide bonds. The van der Waals surface area contributed by atoms with E-state index >= 15 is 0 Å². The predicted octanol–water partition coefficient (Wildman–Crippen LogP) is 4.14. The lowest BCUT2D eigenvalue weighted by atomic mass is 9.82. The van der Waals surface area contributed by atoms with Crippen molar-refractivity contribution in [3.8, 4) is 6.07 Å². The van der Waals surface area contributed by atoms with Gasteiger partial charge in [-0.3, -0.25) is 4.84 Å². The molecule has 1 unspecified atom stereocenters. The molecule has 5 heteroatoms. The lowest BCUT2D eigenvalue weighted by molar-refractivity contribution is -0.320. The van der Waals surface area contributed by atoms with E-state index in [9.17, 15) is 10.1 Å². The zero-order valence-corrected chi connectivity index (χ0v) is 16.1. The van der Waals surface area contributed by atoms with Gasteiger partial charge >= 0.3 is 5.97 Å². The minimum atomic E-state index is -0.943. The van der Waals surface area contributed by atoms with Crippen LogP contribution < -0.4 is 0 Å². The van der Waals surface area contributed by atoms with Gasteiger partial charge in [0.1, 0.15) is 0 Å². The number of rotatable bonds is 7. The molecule has 1 aliphatic rings. The quantitative estimate of drug-likeness (QED) is 0.397. The third kappa shape index (κ3) is 5.32. The van der Waals surface area contributed by atoms with E-state index in [1.807, 2.05) is 5.06 Å². The van der Waals surface area contributed by atoms with E-state index in [4.69, 9.17) is 9.57 Å². The summed E-state index contributed by atoms with van der Waals surface area (Å²) in [6.07, 6.45) is 4.29. The topological polar surface area (TPSA) is 62.6 Å². The Balaban J connectivity index is 2.68. The first kappa shape index (κ1) is 20.7. The summed E-state index contributed by atoms with van der Waals surface area (Å²) in [4.78, 5) is 17.6. The fourth-order valence-electron chi connectivity index (χ4n) is 3.24. The zero-order chi connectivity index (χ0) is 18.6. The molecule has 0 aromatic carbocycles. The van der Waals surface area contributed by atoms with Crippen molar-refractivity contribution in [3.05, 3.63) is 12.2 Å². The summed E-state index contributed by atoms with van der Waals surface area (Å²) in [7, 11) is 0. The summed E-state index contributed by atoms with van der Waals surface area (Å²) < 4.78 is 5.10. The second-order valence-electron chi connectivity index (χ2n) is 8.23. The highest BCUT2D eigenvalue weighted by molar-refractivity contribution is 5.86. The van der Waals surface area contributed by atoms with Gasteiger partial charge in [0.15, 0.2) is 5.60 Å². The Bertz CT molecular complexity index is 503. The molecule has 0 saturated carbocycles. The molecule has 0 bridgehead atoms. The fourth-order valence-corrected chi connectivity index (χ4v) is 3.24. The average molecular weight is 336 g/mol. The van der Waals surface area contributed by atoms with Crippen LogP contribution in [0.1, 0.15) is 73.6 Å². The molecule has 0 aromatic heterocycles. The highest BCUT2D eigenvalue weighted by atomic mass is 16.7. The number of carbonyl (C=O) groups is 1. The van der Waals surface area contributed by atoms with Crippen molar-refractivity contribution in [2.24, 2.45) is 0 Å². The fraction of sp³-hybridized carbons (Fsp3) is 0.789. The Kier molecular flexibility index (Phi) is 6.60. The third-order valence-electron chi connectivity index (χ3n) is 4.59. The Labute approximate surface area is 146 Å². The largest absolute Gasteiger partial charge is 0.462 e. The van der Waals surface area contributed by atoms with Gasteiger partial charge in [-0.1, -0.05) is 6.58 Å². The number of piperidine rings is 1. The number of nitriles is 1. The van der Waals surface area contributed by atoms with Gasteiger partial charge in [-0.15, -0.1) is 0 Å². The van der Waals surface area contributed by atoms with Crippen LogP contribution in [0.15, 0.2) is 12.2 Å². The van der Waals surface area contributed by atoms with Crippen molar-refractivity contribution in [1.29, 1.82) is 5.26 Å². The molecule has 1 fully saturated rings. The van der Waals surface area contributed by atoms with E-state index in [2.05, 4.69) is 40.3 Å². The first-order valence-corrected chi connectivity index (χ1v) is 8.67. The molecule has 1 atom stereocenters. The van der Waals surface area contributed by atoms with Crippen LogP contribution in [0.2, 0.25) is 0 Å². The van der Waals surface area contributed by atoms with Crippen LogP contribution >= 0.6 is 0 Å². The molecule has 1 aliphatic heterocycles. The number of carbonyl (C=O) groups excluding carboxylic acids is 1. The van der Waals surface area contributed by atoms with Gasteiger partial charge in [0, 0.05) is 16.7 Å². The maximum atomic E-state index is 11.4. The van der Waals surface area contributed by atoms with E-state index in [-0.39, 0.29) is 17.7 Å². The molecule has 24 heavy (non-hydrogen) atoms. The third-order valence-corrected chi connectivity index (χ3v) is 4.59. The molecule has 1 saturated heterocycles. The standard InChI is InChI=1S/C19H32N2O3/c1-15(2)16(22)23-13-9-12-19(7,14-20)24-21-17(3,4)10-8-11-18(21,5)6/h1,8-13H2,2-7H3. The van der Waals surface area contributed by atoms with Crippen LogP contribution in [0.25, 0.3) is 0 Å². The average Bonchev–Trinajstić information content (AvgIpc) is 2.47. The second-order valence-corrected chi connectivity index (χ2v) is 8.23. The summed E-state index contributed by atoms with van der Waals surface area (Å²) in [6.45, 7) is 15.8. The van der Waals surface area contributed by atoms with Gasteiger partial charge in [0.2, 0.25) is 0 Å². The van der Waals surface area contributed by atoms with E-state index in [0.29, 0.717) is 18.4 Å². The normalized spacial score (nSPS) is 22.2. The second kappa shape index (κ2) is 7.67. The van der Waals surface area contributed by atoms with Crippen molar-refractivity contribution in [2.75, 3.05) is 6.61 Å². The number of esters is 1. The van der Waals surface area contributed by atoms with E-state index in [0.717, 1.165) is 19.3 Å². The summed E-state index contributed by atoms with van der Waals surface area (Å²) in [6, 6.07) is 2.29. The van der Waals surface area contributed by atoms with Gasteiger partial charge < -0.3 is 4.74 Å². The van der Waals surface area contributed by atoms with Crippen molar-refractivity contribution in [3.63, 3.8) is 0 Å². The van der Waals surface area contributed by atoms with E-state index < -0.39 is 11.6 Å². The smallest absolute Gasteiger partial charge is 0.333 e. The summed E-state index contributed by atoms with van der Waals surface area (Å²) in [5.41, 5.74) is -0.800. The summed E-state index contributed by atoms with van der Waals surface area (Å²) in [5, 5.41) is 11.6. The van der Waals surface area contributed by atoms with Crippen LogP contribution in [0.5, 0.6) is 0 Å². The van der Waals surface area contributed by atoms with Gasteiger partial charge in [0.25, 0.3) is 0 Å². The van der Waals surface area contributed by atoms with Gasteiger partial charge in [-0.05, 0) is 73.6 Å². The Morgan fingerprint density at radius 2 is 1.83 bits per heavy atom. The molecule has 0 N–H and O–H groups in total. The number of ether oxygens (including phenoxy) is 1. The Hall–Kier alpha value is -1.38. The Morgan fingerprint density at radius 3 is 2.29 bits per heavy atom. The van der Waals surface area contributed by atoms with Crippen molar-refractivity contribution < 1.29 is 14.4 Å². The molecule has 1 heterocycles. The number of nitrogens with zero attached hydrogens (tertiary/aromatic N) is 2. The highest BCUT2D eigenvalue weighted by Gasteiger charge is 2.45. The lowest BCUT2D eigenvalue weighted by Crippen LogP contribution is -2.60. The highest BCUT2D eigenvalue weighted by Crippen LogP contribution is 2.40. The van der Waals surface area contributed by atoms with Crippen LogP contribution in [0, 0.1) is 11.3 Å². The monoisotopic (exact) mass is 336 g/mol. The SMILES string of the molecule is C=C(C)C(=O)OCCCC(C)(C#N)ON1C(C)(C)CCCC1(C)C. The molecular formula is C19H32N2O3. The molecule has 5 nitrogen and oxygen atoms in total. The molecule has 136 valence electrons. The summed E-state index contributed by atoms with van der Waals surface area (Å²) in [5.74, 6) is -0.395. The van der Waals surface area contributed by atoms with Crippen molar-refractivity contribution in [1.82, 2.24) is 5.06 Å². The molecule has 0 aromatic rings. The minimum absolute atomic E-state index is 0.119. The predicted molar refractivity (Wildman–Crippen MR) is 94.0 cm³/mol. The Morgan fingerprint density at radius 1 is 1.29 bits per heavy atom. The van der Waals surface area contributed by atoms with Crippen LogP contribution in [-0.4, -0.2) is 34.3 Å². The molecule has 0 aliphatic carbocycles. The van der Waals surface area contributed by atoms with Gasteiger partial charge in [-0.25, -0.2) is 4.79 Å². The maximum Gasteiger partial charge on any atom is 0.333 e. The van der Waals surface area contributed by atoms with E-state index in [1.165, 1.54) is 0 Å². The lowest BCUT2D eigenvalue weighted by Gasteiger charge is -2.53. The van der Waals surface area contributed by atoms with Gasteiger partial charge in [-0.2, -0.15) is 10.3 Å².